The number of hydrazone groups is 1. The molecule has 3 heterocycles. The number of amidine groups is 1. The first-order valence-corrected chi connectivity index (χ1v) is 9.84. The number of imidazole rings is 1. The zero-order valence-electron chi connectivity index (χ0n) is 16.3. The van der Waals surface area contributed by atoms with Crippen molar-refractivity contribution in [2.24, 2.45) is 11.0 Å². The molecule has 0 spiro atoms. The monoisotopic (exact) mass is 412 g/mol. The number of carbonyl (C=O) groups excluding carboxylic acids is 1. The minimum absolute atomic E-state index is 0.143. The summed E-state index contributed by atoms with van der Waals surface area (Å²) >= 11 is 0. The van der Waals surface area contributed by atoms with Crippen LogP contribution >= 0.6 is 0 Å². The molecule has 1 saturated heterocycles. The molecule has 0 bridgehead atoms. The van der Waals surface area contributed by atoms with Gasteiger partial charge < -0.3 is 9.88 Å². The van der Waals surface area contributed by atoms with Crippen molar-refractivity contribution in [2.45, 2.75) is 25.3 Å². The van der Waals surface area contributed by atoms with E-state index in [0.29, 0.717) is 49.6 Å². The summed E-state index contributed by atoms with van der Waals surface area (Å²) < 4.78 is 27.2. The Kier molecular flexibility index (Phi) is 5.69. The lowest BCUT2D eigenvalue weighted by Crippen LogP contribution is -2.42. The summed E-state index contributed by atoms with van der Waals surface area (Å²) in [4.78, 5) is 22.0. The predicted molar refractivity (Wildman–Crippen MR) is 109 cm³/mol. The van der Waals surface area contributed by atoms with Gasteiger partial charge in [0.2, 0.25) is 5.91 Å². The molecule has 2 N–H and O–H groups in total. The summed E-state index contributed by atoms with van der Waals surface area (Å²) in [7, 11) is 0. The number of aromatic amines is 1. The van der Waals surface area contributed by atoms with Gasteiger partial charge in [0.25, 0.3) is 0 Å². The van der Waals surface area contributed by atoms with Crippen LogP contribution < -0.4 is 0 Å². The van der Waals surface area contributed by atoms with E-state index in [0.717, 1.165) is 6.07 Å². The topological polar surface area (TPSA) is 88.4 Å². The summed E-state index contributed by atoms with van der Waals surface area (Å²) in [6.45, 7) is 1.16. The van der Waals surface area contributed by atoms with Crippen LogP contribution in [0.2, 0.25) is 0 Å². The highest BCUT2D eigenvalue weighted by Gasteiger charge is 2.35. The second-order valence-electron chi connectivity index (χ2n) is 7.39. The molecule has 0 radical (unpaired) electrons. The number of hydrogen-bond acceptors (Lipinski definition) is 4. The Balaban J connectivity index is 1.36. The smallest absolute Gasteiger partial charge is 0.246 e. The maximum Gasteiger partial charge on any atom is 0.246 e. The minimum Gasteiger partial charge on any atom is -0.357 e. The van der Waals surface area contributed by atoms with E-state index in [-0.39, 0.29) is 11.8 Å². The Bertz CT molecular complexity index is 959. The molecule has 2 aromatic rings. The molecule has 2 aliphatic rings. The van der Waals surface area contributed by atoms with Gasteiger partial charge in [0.1, 0.15) is 23.3 Å². The molecule has 1 fully saturated rings. The summed E-state index contributed by atoms with van der Waals surface area (Å²) in [6.07, 6.45) is 9.99. The van der Waals surface area contributed by atoms with Crippen LogP contribution in [0, 0.1) is 23.0 Å². The number of nitrogens with one attached hydrogen (secondary N) is 2. The molecule has 1 atom stereocenters. The second-order valence-corrected chi connectivity index (χ2v) is 7.39. The van der Waals surface area contributed by atoms with Crippen molar-refractivity contribution >= 4 is 24.0 Å². The van der Waals surface area contributed by atoms with Gasteiger partial charge in [-0.2, -0.15) is 5.10 Å². The lowest BCUT2D eigenvalue weighted by molar-refractivity contribution is -0.138. The Morgan fingerprint density at radius 3 is 2.60 bits per heavy atom. The fourth-order valence-corrected chi connectivity index (χ4v) is 3.86. The lowest BCUT2D eigenvalue weighted by Gasteiger charge is -2.34. The van der Waals surface area contributed by atoms with Crippen molar-refractivity contribution in [1.29, 1.82) is 5.41 Å². The van der Waals surface area contributed by atoms with Crippen molar-refractivity contribution in [3.8, 4) is 0 Å². The zero-order valence-corrected chi connectivity index (χ0v) is 16.3. The van der Waals surface area contributed by atoms with E-state index in [1.165, 1.54) is 17.1 Å². The molecular formula is C21H22F2N6O. The van der Waals surface area contributed by atoms with Crippen molar-refractivity contribution < 1.29 is 13.6 Å². The van der Waals surface area contributed by atoms with E-state index in [4.69, 9.17) is 5.41 Å². The molecule has 30 heavy (non-hydrogen) atoms. The molecule has 4 rings (SSSR count). The molecule has 1 aromatic carbocycles. The van der Waals surface area contributed by atoms with Crippen molar-refractivity contribution in [3.63, 3.8) is 0 Å². The Morgan fingerprint density at radius 1 is 1.20 bits per heavy atom. The Morgan fingerprint density at radius 2 is 1.93 bits per heavy atom. The number of aromatic nitrogens is 2. The quantitative estimate of drug-likeness (QED) is 0.596. The van der Waals surface area contributed by atoms with Crippen LogP contribution in [-0.2, 0) is 4.79 Å². The number of carbonyl (C=O) groups is 1. The average molecular weight is 412 g/mol. The maximum absolute atomic E-state index is 13.6. The van der Waals surface area contributed by atoms with Gasteiger partial charge in [0, 0.05) is 50.1 Å². The zero-order chi connectivity index (χ0) is 21.1. The van der Waals surface area contributed by atoms with Crippen molar-refractivity contribution in [3.05, 3.63) is 59.7 Å². The standard InChI is InChI=1S/C21H22F2N6O/c22-16-11-15(12-17(23)13-16)18-3-6-27-29(18)21(30)14-4-9-28(10-5-14)19(24)1-2-20-25-7-8-26-20/h1-2,6-8,11-14,18,24H,3-5,9-10H2,(H,25,26)/b2-1-,24-19?. The van der Waals surface area contributed by atoms with E-state index in [1.807, 2.05) is 4.90 Å². The van der Waals surface area contributed by atoms with E-state index in [2.05, 4.69) is 15.1 Å². The summed E-state index contributed by atoms with van der Waals surface area (Å²) in [6, 6.07) is 2.82. The largest absolute Gasteiger partial charge is 0.357 e. The molecule has 0 saturated carbocycles. The number of H-pyrrole nitrogens is 1. The van der Waals surface area contributed by atoms with Gasteiger partial charge in [-0.1, -0.05) is 0 Å². The third kappa shape index (κ3) is 4.29. The number of benzene rings is 1. The predicted octanol–water partition coefficient (Wildman–Crippen LogP) is 3.35. The summed E-state index contributed by atoms with van der Waals surface area (Å²) in [5, 5.41) is 13.8. The van der Waals surface area contributed by atoms with Gasteiger partial charge >= 0.3 is 0 Å². The second kappa shape index (κ2) is 8.56. The molecule has 7 nitrogen and oxygen atoms in total. The summed E-state index contributed by atoms with van der Waals surface area (Å²) in [5.74, 6) is -0.673. The molecule has 1 aromatic heterocycles. The third-order valence-corrected chi connectivity index (χ3v) is 5.43. The van der Waals surface area contributed by atoms with Gasteiger partial charge in [0.05, 0.1) is 6.04 Å². The van der Waals surface area contributed by atoms with Gasteiger partial charge in [0.15, 0.2) is 0 Å². The third-order valence-electron chi connectivity index (χ3n) is 5.43. The maximum atomic E-state index is 13.6. The molecule has 0 aliphatic carbocycles. The first kappa shape index (κ1) is 19.9. The fourth-order valence-electron chi connectivity index (χ4n) is 3.86. The first-order chi connectivity index (χ1) is 14.5. The highest BCUT2D eigenvalue weighted by atomic mass is 19.1. The molecule has 156 valence electrons. The van der Waals surface area contributed by atoms with Gasteiger partial charge in [-0.05, 0) is 42.7 Å². The van der Waals surface area contributed by atoms with Crippen LogP contribution in [0.3, 0.4) is 0 Å². The highest BCUT2D eigenvalue weighted by molar-refractivity contribution is 5.94. The van der Waals surface area contributed by atoms with Crippen molar-refractivity contribution in [1.82, 2.24) is 19.9 Å². The van der Waals surface area contributed by atoms with Crippen LogP contribution in [0.25, 0.3) is 6.08 Å². The van der Waals surface area contributed by atoms with Crippen LogP contribution in [0.5, 0.6) is 0 Å². The van der Waals surface area contributed by atoms with Gasteiger partial charge in [-0.25, -0.2) is 18.8 Å². The lowest BCUT2D eigenvalue weighted by atomic mass is 9.94. The highest BCUT2D eigenvalue weighted by Crippen LogP contribution is 2.32. The Labute approximate surface area is 172 Å². The average Bonchev–Trinajstić information content (AvgIpc) is 3.43. The van der Waals surface area contributed by atoms with E-state index in [9.17, 15) is 13.6 Å². The number of rotatable bonds is 4. The normalized spacial score (nSPS) is 19.7. The number of likely N-dealkylation sites (tertiary alicyclic amines) is 1. The molecular weight excluding hydrogens is 390 g/mol. The van der Waals surface area contributed by atoms with E-state index in [1.54, 1.807) is 30.8 Å². The fraction of sp³-hybridized carbons (Fsp3) is 0.333. The number of hydrogen-bond donors (Lipinski definition) is 2. The SMILES string of the molecule is N=C(/C=C\c1ncc[nH]1)N1CCC(C(=O)N2N=CCC2c2cc(F)cc(F)c2)CC1. The van der Waals surface area contributed by atoms with Crippen LogP contribution in [0.4, 0.5) is 8.78 Å². The molecule has 2 aliphatic heterocycles. The number of piperidine rings is 1. The minimum atomic E-state index is -0.668. The number of amides is 1. The van der Waals surface area contributed by atoms with Crippen molar-refractivity contribution in [2.75, 3.05) is 13.1 Å². The molecule has 9 heteroatoms. The Hall–Kier alpha value is -3.36. The van der Waals surface area contributed by atoms with Gasteiger partial charge in [-0.3, -0.25) is 10.2 Å². The summed E-state index contributed by atoms with van der Waals surface area (Å²) in [5.41, 5.74) is 0.403. The van der Waals surface area contributed by atoms with Crippen LogP contribution in [0.1, 0.15) is 36.7 Å². The van der Waals surface area contributed by atoms with Crippen LogP contribution in [-0.4, -0.2) is 50.9 Å². The van der Waals surface area contributed by atoms with Crippen LogP contribution in [0.15, 0.2) is 41.8 Å². The number of halogens is 2. The first-order valence-electron chi connectivity index (χ1n) is 9.84. The van der Waals surface area contributed by atoms with Gasteiger partial charge in [-0.15, -0.1) is 0 Å². The molecule has 1 unspecified atom stereocenters. The van der Waals surface area contributed by atoms with E-state index >= 15 is 0 Å². The molecule has 1 amide bonds. The number of nitrogens with zero attached hydrogens (tertiary/aromatic N) is 4. The van der Waals surface area contributed by atoms with E-state index < -0.39 is 17.7 Å².